The van der Waals surface area contributed by atoms with Gasteiger partial charge in [-0.2, -0.15) is 4.91 Å². The van der Waals surface area contributed by atoms with Gasteiger partial charge in [-0.25, -0.2) is 9.18 Å². The Labute approximate surface area is 253 Å². The molecule has 232 valence electrons. The van der Waals surface area contributed by atoms with Crippen LogP contribution in [0.25, 0.3) is 10.8 Å². The van der Waals surface area contributed by atoms with Crippen LogP contribution in [0.4, 0.5) is 10.1 Å². The Morgan fingerprint density at radius 2 is 1.59 bits per heavy atom. The lowest BCUT2D eigenvalue weighted by molar-refractivity contribution is -0.145. The normalized spacial score (nSPS) is 12.1. The maximum atomic E-state index is 14.3. The molecule has 0 aliphatic rings. The van der Waals surface area contributed by atoms with Crippen LogP contribution >= 0.6 is 0 Å². The number of halogens is 1. The number of nitrogens with one attached hydrogen (secondary N) is 3. The van der Waals surface area contributed by atoms with Gasteiger partial charge in [-0.3, -0.25) is 19.2 Å². The van der Waals surface area contributed by atoms with Crippen LogP contribution in [0.15, 0.2) is 65.8 Å². The summed E-state index contributed by atoms with van der Waals surface area (Å²) in [5.41, 5.74) is -0.211. The Hall–Kier alpha value is -5.00. The van der Waals surface area contributed by atoms with Crippen molar-refractivity contribution in [1.82, 2.24) is 10.6 Å². The number of anilines is 1. The molecule has 0 fully saturated rings. The van der Waals surface area contributed by atoms with Gasteiger partial charge < -0.3 is 20.7 Å². The zero-order valence-corrected chi connectivity index (χ0v) is 24.6. The number of esters is 1. The Bertz CT molecular complexity index is 1530. The van der Waals surface area contributed by atoms with Gasteiger partial charge in [0, 0.05) is 5.56 Å². The third kappa shape index (κ3) is 9.25. The highest BCUT2D eigenvalue weighted by Crippen LogP contribution is 2.21. The molecule has 3 amide bonds. The molecule has 0 saturated carbocycles. The predicted octanol–water partition coefficient (Wildman–Crippen LogP) is 4.68. The number of carbonyl (C=O) groups is 5. The van der Waals surface area contributed by atoms with Crippen molar-refractivity contribution < 1.29 is 33.1 Å². The molecule has 2 atom stereocenters. The number of ketones is 1. The van der Waals surface area contributed by atoms with E-state index in [0.717, 1.165) is 42.9 Å². The van der Waals surface area contributed by atoms with Crippen molar-refractivity contribution in [2.24, 2.45) is 5.18 Å². The first-order chi connectivity index (χ1) is 21.2. The molecule has 11 nitrogen and oxygen atoms in total. The molecule has 0 spiro atoms. The van der Waals surface area contributed by atoms with E-state index in [9.17, 15) is 33.3 Å². The summed E-state index contributed by atoms with van der Waals surface area (Å²) >= 11 is 0. The molecule has 0 aliphatic carbocycles. The number of benzene rings is 3. The van der Waals surface area contributed by atoms with Crippen LogP contribution in [0.3, 0.4) is 0 Å². The summed E-state index contributed by atoms with van der Waals surface area (Å²) in [5, 5.41) is 12.0. The fraction of sp³-hybridized carbons (Fsp3) is 0.344. The monoisotopic (exact) mass is 606 g/mol. The van der Waals surface area contributed by atoms with E-state index in [4.69, 9.17) is 4.74 Å². The van der Waals surface area contributed by atoms with Gasteiger partial charge in [0.2, 0.25) is 5.91 Å². The van der Waals surface area contributed by atoms with E-state index in [0.29, 0.717) is 6.42 Å². The lowest BCUT2D eigenvalue weighted by Gasteiger charge is -2.22. The first-order valence-corrected chi connectivity index (χ1v) is 14.3. The molecular weight excluding hydrogens is 571 g/mol. The second-order valence-electron chi connectivity index (χ2n) is 10.1. The van der Waals surface area contributed by atoms with Gasteiger partial charge in [-0.1, -0.05) is 61.7 Å². The number of carbonyl (C=O) groups excluding carboxylic acids is 5. The smallest absolute Gasteiger partial charge is 0.328 e. The van der Waals surface area contributed by atoms with Gasteiger partial charge in [0.15, 0.2) is 0 Å². The van der Waals surface area contributed by atoms with Crippen LogP contribution in [0.1, 0.15) is 66.2 Å². The third-order valence-electron chi connectivity index (χ3n) is 6.95. The van der Waals surface area contributed by atoms with Gasteiger partial charge in [0.25, 0.3) is 17.6 Å². The summed E-state index contributed by atoms with van der Waals surface area (Å²) in [5.74, 6) is -5.24. The van der Waals surface area contributed by atoms with Crippen molar-refractivity contribution in [3.8, 4) is 0 Å². The van der Waals surface area contributed by atoms with Crippen molar-refractivity contribution in [3.05, 3.63) is 82.5 Å². The average Bonchev–Trinajstić information content (AvgIpc) is 3.03. The molecule has 44 heavy (non-hydrogen) atoms. The topological polar surface area (TPSA) is 160 Å². The second kappa shape index (κ2) is 16.6. The van der Waals surface area contributed by atoms with Gasteiger partial charge in [0.1, 0.15) is 17.9 Å². The summed E-state index contributed by atoms with van der Waals surface area (Å²) in [6.45, 7) is 1.88. The third-order valence-corrected chi connectivity index (χ3v) is 6.95. The lowest BCUT2D eigenvalue weighted by Crippen LogP contribution is -2.53. The molecule has 2 unspecified atom stereocenters. The number of amides is 3. The number of methoxy groups -OCH3 is 1. The molecular formula is C32H35FN4O7. The standard InChI is InChI=1S/C32H35FN4O7/c1-3-4-5-11-26(30(40)37-27(32(42)44-2)12-8-17-34-43)36-31(41)28(38)24-19-23(33)15-16-25(24)35-29(39)22-14-13-20-9-6-7-10-21(20)18-22/h6-7,9-10,13-16,18-19,26-27H,3-5,8,11-12,17H2,1-2H3,(H,35,39)(H,36,41)(H,37,40). The van der Waals surface area contributed by atoms with Crippen molar-refractivity contribution in [3.63, 3.8) is 0 Å². The van der Waals surface area contributed by atoms with E-state index in [1.165, 1.54) is 6.07 Å². The summed E-state index contributed by atoms with van der Waals surface area (Å²) in [4.78, 5) is 75.3. The predicted molar refractivity (Wildman–Crippen MR) is 163 cm³/mol. The minimum atomic E-state index is -1.21. The zero-order chi connectivity index (χ0) is 32.1. The molecule has 0 aromatic heterocycles. The van der Waals surface area contributed by atoms with Crippen LogP contribution < -0.4 is 16.0 Å². The van der Waals surface area contributed by atoms with Crippen molar-refractivity contribution in [1.29, 1.82) is 0 Å². The van der Waals surface area contributed by atoms with Gasteiger partial charge in [0.05, 0.1) is 24.9 Å². The van der Waals surface area contributed by atoms with Crippen LogP contribution in [0, 0.1) is 10.7 Å². The number of hydrogen-bond donors (Lipinski definition) is 3. The summed E-state index contributed by atoms with van der Waals surface area (Å²) in [6, 6.07) is 13.2. The molecule has 0 aliphatic heterocycles. The van der Waals surface area contributed by atoms with E-state index in [-0.39, 0.29) is 37.1 Å². The number of nitrogens with zero attached hydrogens (tertiary/aromatic N) is 1. The van der Waals surface area contributed by atoms with E-state index in [1.807, 2.05) is 31.2 Å². The SMILES string of the molecule is CCCCCC(NC(=O)C(=O)c1cc(F)ccc1NC(=O)c1ccc2ccccc2c1)C(=O)NC(CCCN=O)C(=O)OC. The van der Waals surface area contributed by atoms with Gasteiger partial charge in [-0.15, -0.1) is 0 Å². The van der Waals surface area contributed by atoms with Crippen LogP contribution in [-0.2, 0) is 19.1 Å². The highest BCUT2D eigenvalue weighted by molar-refractivity contribution is 6.44. The fourth-order valence-electron chi connectivity index (χ4n) is 4.58. The number of fused-ring (bicyclic) bond motifs is 1. The minimum Gasteiger partial charge on any atom is -0.467 e. The first-order valence-electron chi connectivity index (χ1n) is 14.3. The van der Waals surface area contributed by atoms with Gasteiger partial charge >= 0.3 is 5.97 Å². The minimum absolute atomic E-state index is 0.0676. The number of hydrogen-bond acceptors (Lipinski definition) is 8. The number of unbranched alkanes of at least 4 members (excludes halogenated alkanes) is 2. The summed E-state index contributed by atoms with van der Waals surface area (Å²) < 4.78 is 19.0. The van der Waals surface area contributed by atoms with E-state index < -0.39 is 52.9 Å². The highest BCUT2D eigenvalue weighted by atomic mass is 19.1. The van der Waals surface area contributed by atoms with E-state index in [1.54, 1.807) is 18.2 Å². The first kappa shape index (κ1) is 33.5. The van der Waals surface area contributed by atoms with Crippen LogP contribution in [0.2, 0.25) is 0 Å². The Kier molecular flexibility index (Phi) is 12.6. The molecule has 0 saturated heterocycles. The zero-order valence-electron chi connectivity index (χ0n) is 24.6. The number of rotatable bonds is 16. The molecule has 3 aromatic rings. The summed E-state index contributed by atoms with van der Waals surface area (Å²) in [6.07, 6.45) is 2.50. The molecule has 0 radical (unpaired) electrons. The van der Waals surface area contributed by atoms with Crippen molar-refractivity contribution >= 4 is 45.9 Å². The molecule has 3 N–H and O–H groups in total. The molecule has 3 rings (SSSR count). The fourth-order valence-corrected chi connectivity index (χ4v) is 4.58. The van der Waals surface area contributed by atoms with Crippen LogP contribution in [0.5, 0.6) is 0 Å². The molecule has 0 heterocycles. The Morgan fingerprint density at radius 1 is 0.864 bits per heavy atom. The Morgan fingerprint density at radius 3 is 2.30 bits per heavy atom. The highest BCUT2D eigenvalue weighted by Gasteiger charge is 2.30. The van der Waals surface area contributed by atoms with Crippen molar-refractivity contribution in [2.75, 3.05) is 19.0 Å². The maximum Gasteiger partial charge on any atom is 0.328 e. The van der Waals surface area contributed by atoms with E-state index in [2.05, 4.69) is 21.1 Å². The molecule has 12 heteroatoms. The maximum absolute atomic E-state index is 14.3. The number of ether oxygens (including phenoxy) is 1. The largest absolute Gasteiger partial charge is 0.467 e. The number of Topliss-reactive ketones (excluding diaryl/α,β-unsaturated/α-hetero) is 1. The molecule has 3 aromatic carbocycles. The summed E-state index contributed by atoms with van der Waals surface area (Å²) in [7, 11) is 1.15. The number of nitroso groups, excluding NO2 is 1. The Balaban J connectivity index is 1.79. The van der Waals surface area contributed by atoms with Crippen LogP contribution in [-0.4, -0.2) is 55.2 Å². The quantitative estimate of drug-likeness (QED) is 0.0701. The van der Waals surface area contributed by atoms with E-state index >= 15 is 0 Å². The van der Waals surface area contributed by atoms with Gasteiger partial charge in [-0.05, 0) is 60.4 Å². The second-order valence-corrected chi connectivity index (χ2v) is 10.1. The molecule has 0 bridgehead atoms. The lowest BCUT2D eigenvalue weighted by atomic mass is 10.0. The average molecular weight is 607 g/mol. The van der Waals surface area contributed by atoms with Crippen molar-refractivity contribution in [2.45, 2.75) is 57.5 Å².